The predicted octanol–water partition coefficient (Wildman–Crippen LogP) is 10.3. The maximum absolute atomic E-state index is 14.8. The second kappa shape index (κ2) is 35.2. The van der Waals surface area contributed by atoms with Gasteiger partial charge in [-0.25, -0.2) is 4.79 Å². The van der Waals surface area contributed by atoms with Crippen LogP contribution >= 0.6 is 11.8 Å². The molecule has 2 aromatic carbocycles. The van der Waals surface area contributed by atoms with Gasteiger partial charge >= 0.3 is 6.09 Å². The summed E-state index contributed by atoms with van der Waals surface area (Å²) in [6.45, 7) is 20.3. The lowest BCUT2D eigenvalue weighted by molar-refractivity contribution is -0.149. The lowest BCUT2D eigenvalue weighted by atomic mass is 9.83. The van der Waals surface area contributed by atoms with Crippen molar-refractivity contribution < 1.29 is 57.7 Å². The number of hydrogen-bond acceptors (Lipinski definition) is 13. The average Bonchev–Trinajstić information content (AvgIpc) is 4.04. The molecule has 2 aromatic rings. The molecule has 5 amide bonds. The van der Waals surface area contributed by atoms with E-state index in [1.165, 1.54) is 35.0 Å². The monoisotopic (exact) mass is 1150 g/mol. The third kappa shape index (κ3) is 20.4. The van der Waals surface area contributed by atoms with Crippen LogP contribution in [-0.2, 0) is 60.8 Å². The molecule has 0 bridgehead atoms. The molecule has 0 aliphatic carbocycles. The normalized spacial score (nSPS) is 18.7. The third-order valence-corrected chi connectivity index (χ3v) is 17.3. The van der Waals surface area contributed by atoms with Crippen molar-refractivity contribution in [2.45, 2.75) is 201 Å². The average molecular weight is 1150 g/mol. The quantitative estimate of drug-likeness (QED) is 0.0524. The molecule has 11 atom stereocenters. The molecule has 0 aromatic heterocycles. The number of likely N-dealkylation sites (tertiary alicyclic amines) is 2. The van der Waals surface area contributed by atoms with E-state index in [0.717, 1.165) is 24.0 Å². The van der Waals surface area contributed by atoms with E-state index in [9.17, 15) is 43.5 Å². The van der Waals surface area contributed by atoms with E-state index in [1.54, 1.807) is 43.2 Å². The Labute approximate surface area is 489 Å². The van der Waals surface area contributed by atoms with Crippen LogP contribution in [0.2, 0.25) is 0 Å². The van der Waals surface area contributed by atoms with Crippen molar-refractivity contribution >= 4 is 58.8 Å². The van der Waals surface area contributed by atoms with Gasteiger partial charge in [-0.1, -0.05) is 143 Å². The standard InChI is InChI=1S/C61H92N4O12S.C3H8/c1-14-40(6)56(51(75-11)35-53(69)64-31-21-25-48(64)58(76-12)42(8)49(67)32-41(7)57(71)45-22-17-15-18-23-45)62(9)59(72)47(38(2)3)34-50(68)55(39(4)5)63(10)61(74)77-37-44-28-26-43(27-29-44)33-46(66)24-19-16-20-30-65-54(70)36-52(78-13)60(65)73;1-3-2/h15,17-18,22-23,26-29,38-42,47-48,51-52,55-58,71H,14,16,19-21,24-25,30-37H2,1-13H3;3H2,1-2H3/t40-,41-,42-,47-,48-,51+,52?,55-,56-,57+,58+;/m0./s1. The first kappa shape index (κ1) is 70.3. The van der Waals surface area contributed by atoms with Crippen LogP contribution in [0.5, 0.6) is 0 Å². The molecule has 1 unspecified atom stereocenters. The molecule has 2 fully saturated rings. The van der Waals surface area contributed by atoms with E-state index in [0.29, 0.717) is 50.8 Å². The van der Waals surface area contributed by atoms with Gasteiger partial charge in [0.1, 0.15) is 18.2 Å². The minimum Gasteiger partial charge on any atom is -0.445 e. The van der Waals surface area contributed by atoms with E-state index in [-0.39, 0.29) is 115 Å². The number of benzene rings is 2. The van der Waals surface area contributed by atoms with Gasteiger partial charge in [0.2, 0.25) is 23.6 Å². The number of amides is 5. The highest BCUT2D eigenvalue weighted by Gasteiger charge is 2.44. The SMILES string of the molecule is CCC.CC[C@H](C)[C@@H]([C@@H](CC(=O)N1CCC[C@H]1[C@H](OC)[C@@H](C)C(=O)C[C@H](C)[C@@H](O)c1ccccc1)OC)N(C)C(=O)[C@@H](CC(=O)[C@H](C(C)C)N(C)C(=O)OCc1ccc(CC(=O)CCCCCN2C(=O)CC(SC)C2=O)cc1)C(C)C. The summed E-state index contributed by atoms with van der Waals surface area (Å²) in [5.41, 5.74) is 2.28. The molecule has 454 valence electrons. The summed E-state index contributed by atoms with van der Waals surface area (Å²) in [6.07, 6.45) is 5.35. The summed E-state index contributed by atoms with van der Waals surface area (Å²) in [6, 6.07) is 14.8. The Bertz CT molecular complexity index is 2310. The second-order valence-corrected chi connectivity index (χ2v) is 24.4. The number of Topliss-reactive ketones (excluding diaryl/α,β-unsaturated/α-hetero) is 3. The van der Waals surface area contributed by atoms with Crippen LogP contribution < -0.4 is 0 Å². The zero-order valence-electron chi connectivity index (χ0n) is 51.7. The highest BCUT2D eigenvalue weighted by molar-refractivity contribution is 8.00. The van der Waals surface area contributed by atoms with Crippen LogP contribution in [0, 0.1) is 35.5 Å². The van der Waals surface area contributed by atoms with Crippen molar-refractivity contribution in [2.75, 3.05) is 47.7 Å². The van der Waals surface area contributed by atoms with Crippen LogP contribution in [0.15, 0.2) is 54.6 Å². The van der Waals surface area contributed by atoms with E-state index in [2.05, 4.69) is 13.8 Å². The van der Waals surface area contributed by atoms with Crippen molar-refractivity contribution in [3.8, 4) is 0 Å². The van der Waals surface area contributed by atoms with Gasteiger partial charge in [0.15, 0.2) is 5.78 Å². The fourth-order valence-electron chi connectivity index (χ4n) is 11.4. The summed E-state index contributed by atoms with van der Waals surface area (Å²) in [5, 5.41) is 10.7. The Hall–Kier alpha value is -4.97. The summed E-state index contributed by atoms with van der Waals surface area (Å²) in [4.78, 5) is 114. The first-order valence-electron chi connectivity index (χ1n) is 29.7. The Kier molecular flexibility index (Phi) is 30.6. The van der Waals surface area contributed by atoms with Gasteiger partial charge in [-0.05, 0) is 72.3 Å². The number of unbranched alkanes of at least 4 members (excludes halogenated alkanes) is 2. The van der Waals surface area contributed by atoms with Gasteiger partial charge in [-0.3, -0.25) is 38.5 Å². The number of rotatable bonds is 33. The fraction of sp³-hybridized carbons (Fsp3) is 0.688. The fourth-order valence-corrected chi connectivity index (χ4v) is 12.1. The first-order valence-corrected chi connectivity index (χ1v) is 31.0. The number of aliphatic hydroxyl groups is 1. The molecule has 16 nitrogen and oxygen atoms in total. The molecule has 4 rings (SSSR count). The van der Waals surface area contributed by atoms with Gasteiger partial charge in [0.05, 0.1) is 48.1 Å². The van der Waals surface area contributed by atoms with E-state index in [1.807, 2.05) is 104 Å². The van der Waals surface area contributed by atoms with E-state index < -0.39 is 48.3 Å². The number of imide groups is 1. The highest BCUT2D eigenvalue weighted by atomic mass is 32.2. The molecule has 81 heavy (non-hydrogen) atoms. The molecule has 2 aliphatic heterocycles. The molecule has 2 aliphatic rings. The van der Waals surface area contributed by atoms with Crippen LogP contribution in [0.25, 0.3) is 0 Å². The van der Waals surface area contributed by atoms with Crippen LogP contribution in [0.4, 0.5) is 4.79 Å². The first-order chi connectivity index (χ1) is 38.4. The Morgan fingerprint density at radius 1 is 0.765 bits per heavy atom. The zero-order chi connectivity index (χ0) is 60.7. The number of thioether (sulfide) groups is 1. The molecule has 2 heterocycles. The topological polar surface area (TPSA) is 197 Å². The number of aliphatic hydroxyl groups excluding tert-OH is 1. The van der Waals surface area contributed by atoms with E-state index in [4.69, 9.17) is 14.2 Å². The Morgan fingerprint density at radius 2 is 1.40 bits per heavy atom. The van der Waals surface area contributed by atoms with Gasteiger partial charge in [-0.2, -0.15) is 11.8 Å². The third-order valence-electron chi connectivity index (χ3n) is 16.4. The summed E-state index contributed by atoms with van der Waals surface area (Å²) in [5.74, 6) is -3.19. The molecule has 17 heteroatoms. The highest BCUT2D eigenvalue weighted by Crippen LogP contribution is 2.33. The number of ether oxygens (including phenoxy) is 3. The lowest BCUT2D eigenvalue weighted by Crippen LogP contribution is -2.54. The predicted molar refractivity (Wildman–Crippen MR) is 319 cm³/mol. The van der Waals surface area contributed by atoms with Gasteiger partial charge < -0.3 is 34.0 Å². The number of hydrogen-bond donors (Lipinski definition) is 1. The van der Waals surface area contributed by atoms with Gasteiger partial charge in [-0.15, -0.1) is 0 Å². The Balaban J connectivity index is 0.00000561. The summed E-state index contributed by atoms with van der Waals surface area (Å²) >= 11 is 1.40. The number of carbonyl (C=O) groups is 8. The van der Waals surface area contributed by atoms with Crippen LogP contribution in [-0.4, -0.2) is 155 Å². The van der Waals surface area contributed by atoms with Crippen molar-refractivity contribution in [3.05, 3.63) is 71.3 Å². The number of methoxy groups -OCH3 is 2. The molecule has 0 saturated carbocycles. The second-order valence-electron chi connectivity index (χ2n) is 23.3. The zero-order valence-corrected chi connectivity index (χ0v) is 52.5. The summed E-state index contributed by atoms with van der Waals surface area (Å²) < 4.78 is 17.8. The lowest BCUT2D eigenvalue weighted by Gasteiger charge is -2.41. The molecule has 0 spiro atoms. The number of nitrogens with zero attached hydrogens (tertiary/aromatic N) is 4. The number of ketones is 3. The molecule has 0 radical (unpaired) electrons. The van der Waals surface area contributed by atoms with Gasteiger partial charge in [0, 0.05) is 85.3 Å². The van der Waals surface area contributed by atoms with Crippen molar-refractivity contribution in [3.63, 3.8) is 0 Å². The van der Waals surface area contributed by atoms with Crippen LogP contribution in [0.1, 0.15) is 169 Å². The van der Waals surface area contributed by atoms with Crippen molar-refractivity contribution in [1.82, 2.24) is 19.6 Å². The Morgan fingerprint density at radius 3 is 1.95 bits per heavy atom. The molecule has 1 N–H and O–H groups in total. The van der Waals surface area contributed by atoms with Gasteiger partial charge in [0.25, 0.3) is 0 Å². The molecule has 2 saturated heterocycles. The number of carbonyl (C=O) groups excluding carboxylic acids is 8. The minimum atomic E-state index is -0.885. The molecular weight excluding hydrogens is 1050 g/mol. The minimum absolute atomic E-state index is 0.0210. The summed E-state index contributed by atoms with van der Waals surface area (Å²) in [7, 11) is 6.34. The number of likely N-dealkylation sites (N-methyl/N-ethyl adjacent to an activating group) is 2. The molecular formula is C64H100N4O12S. The smallest absolute Gasteiger partial charge is 0.410 e. The largest absolute Gasteiger partial charge is 0.445 e. The maximum atomic E-state index is 14.8. The van der Waals surface area contributed by atoms with Crippen molar-refractivity contribution in [1.29, 1.82) is 0 Å². The van der Waals surface area contributed by atoms with E-state index >= 15 is 0 Å². The maximum Gasteiger partial charge on any atom is 0.410 e. The van der Waals surface area contributed by atoms with Crippen molar-refractivity contribution in [2.24, 2.45) is 35.5 Å². The van der Waals surface area contributed by atoms with Crippen LogP contribution in [0.3, 0.4) is 0 Å².